The molecule has 1 fully saturated rings. The van der Waals surface area contributed by atoms with Crippen LogP contribution in [0, 0.1) is 11.8 Å². The molecule has 0 aromatic carbocycles. The third-order valence-corrected chi connectivity index (χ3v) is 5.60. The molecule has 2 N–H and O–H groups in total. The van der Waals surface area contributed by atoms with Crippen molar-refractivity contribution in [2.24, 2.45) is 11.8 Å². The van der Waals surface area contributed by atoms with Gasteiger partial charge in [-0.15, -0.1) is 0 Å². The molecular weight excluding hydrogens is 504 g/mol. The zero-order chi connectivity index (χ0) is 28.2. The first-order valence-electron chi connectivity index (χ1n) is 12.6. The summed E-state index contributed by atoms with van der Waals surface area (Å²) in [5, 5.41) is 19.8. The molecule has 2 unspecified atom stereocenters. The van der Waals surface area contributed by atoms with Gasteiger partial charge in [0.2, 0.25) is 0 Å². The molecule has 0 heterocycles. The molecule has 12 heteroatoms. The van der Waals surface area contributed by atoms with Crippen molar-refractivity contribution in [3.63, 3.8) is 0 Å². The number of aliphatic hydroxyl groups excluding tert-OH is 2. The Balaban J connectivity index is 2.03. The molecule has 0 amide bonds. The second kappa shape index (κ2) is 20.2. The summed E-state index contributed by atoms with van der Waals surface area (Å²) in [6.45, 7) is 6.95. The second-order valence-electron chi connectivity index (χ2n) is 8.88. The average Bonchev–Trinajstić information content (AvgIpc) is 2.91. The Labute approximate surface area is 222 Å². The maximum Gasteiger partial charge on any atom is 0.330 e. The molecule has 12 nitrogen and oxygen atoms in total. The standard InChI is InChI=1S/C26H40O12/c1-3-23(29)35-11-9-25(31)37-17-21(27)15-33-13-19-5-7-20(8-6-19)14-34-16-22(28)18-38-26(32)10-12-36-24(30)4-2/h3-4,19-22,27-28H,1-2,5-18H2. The minimum Gasteiger partial charge on any atom is -0.463 e. The third kappa shape index (κ3) is 16.8. The molecule has 0 saturated heterocycles. The minimum absolute atomic E-state index is 0.0458. The summed E-state index contributed by atoms with van der Waals surface area (Å²) in [4.78, 5) is 44.9. The van der Waals surface area contributed by atoms with Crippen LogP contribution in [0.5, 0.6) is 0 Å². The maximum atomic E-state index is 11.6. The number of carbonyl (C=O) groups excluding carboxylic acids is 4. The molecule has 0 aliphatic heterocycles. The van der Waals surface area contributed by atoms with Crippen molar-refractivity contribution >= 4 is 23.9 Å². The van der Waals surface area contributed by atoms with Crippen LogP contribution in [0.1, 0.15) is 38.5 Å². The number of hydrogen-bond donors (Lipinski definition) is 2. The quantitative estimate of drug-likeness (QED) is 0.126. The number of esters is 4. The van der Waals surface area contributed by atoms with E-state index in [2.05, 4.69) is 22.6 Å². The minimum atomic E-state index is -0.945. The summed E-state index contributed by atoms with van der Waals surface area (Å²) in [6, 6.07) is 0. The Bertz CT molecular complexity index is 683. The van der Waals surface area contributed by atoms with Gasteiger partial charge in [-0.05, 0) is 37.5 Å². The normalized spacial score (nSPS) is 18.5. The number of ether oxygens (including phenoxy) is 6. The Morgan fingerprint density at radius 3 is 1.37 bits per heavy atom. The van der Waals surface area contributed by atoms with Crippen molar-refractivity contribution in [2.75, 3.05) is 52.9 Å². The lowest BCUT2D eigenvalue weighted by Gasteiger charge is -2.28. The Morgan fingerprint density at radius 1 is 0.658 bits per heavy atom. The topological polar surface area (TPSA) is 164 Å². The van der Waals surface area contributed by atoms with E-state index in [1.165, 1.54) is 0 Å². The van der Waals surface area contributed by atoms with Gasteiger partial charge in [-0.2, -0.15) is 0 Å². The zero-order valence-corrected chi connectivity index (χ0v) is 21.8. The molecule has 1 aliphatic rings. The van der Waals surface area contributed by atoms with Gasteiger partial charge in [-0.1, -0.05) is 13.2 Å². The van der Waals surface area contributed by atoms with Crippen LogP contribution in [0.15, 0.2) is 25.3 Å². The van der Waals surface area contributed by atoms with E-state index in [0.717, 1.165) is 37.8 Å². The highest BCUT2D eigenvalue weighted by molar-refractivity contribution is 5.81. The van der Waals surface area contributed by atoms with Crippen molar-refractivity contribution in [3.05, 3.63) is 25.3 Å². The molecule has 0 aromatic heterocycles. The number of rotatable bonds is 20. The van der Waals surface area contributed by atoms with Gasteiger partial charge in [-0.3, -0.25) is 9.59 Å². The summed E-state index contributed by atoms with van der Waals surface area (Å²) in [6.07, 6.45) is 3.67. The van der Waals surface area contributed by atoms with Crippen LogP contribution in [0.2, 0.25) is 0 Å². The second-order valence-corrected chi connectivity index (χ2v) is 8.88. The predicted octanol–water partition coefficient (Wildman–Crippen LogP) is 0.873. The van der Waals surface area contributed by atoms with Gasteiger partial charge in [0.25, 0.3) is 0 Å². The predicted molar refractivity (Wildman–Crippen MR) is 133 cm³/mol. The molecule has 216 valence electrons. The van der Waals surface area contributed by atoms with E-state index in [4.69, 9.17) is 18.9 Å². The Hall–Kier alpha value is -2.80. The number of carbonyl (C=O) groups is 4. The summed E-state index contributed by atoms with van der Waals surface area (Å²) in [7, 11) is 0. The van der Waals surface area contributed by atoms with Gasteiger partial charge in [-0.25, -0.2) is 9.59 Å². The van der Waals surface area contributed by atoms with Crippen LogP contribution in [-0.4, -0.2) is 99.2 Å². The largest absolute Gasteiger partial charge is 0.463 e. The molecule has 0 radical (unpaired) electrons. The maximum absolute atomic E-state index is 11.6. The first kappa shape index (κ1) is 33.2. The first-order chi connectivity index (χ1) is 18.2. The molecule has 1 rings (SSSR count). The Kier molecular flexibility index (Phi) is 17.7. The summed E-state index contributed by atoms with van der Waals surface area (Å²) >= 11 is 0. The van der Waals surface area contributed by atoms with E-state index in [-0.39, 0.29) is 52.5 Å². The van der Waals surface area contributed by atoms with Gasteiger partial charge in [0, 0.05) is 25.4 Å². The molecule has 1 aliphatic carbocycles. The first-order valence-corrected chi connectivity index (χ1v) is 12.6. The van der Waals surface area contributed by atoms with Crippen molar-refractivity contribution in [1.82, 2.24) is 0 Å². The van der Waals surface area contributed by atoms with Crippen molar-refractivity contribution in [2.45, 2.75) is 50.7 Å². The monoisotopic (exact) mass is 544 g/mol. The van der Waals surface area contributed by atoms with E-state index in [0.29, 0.717) is 25.0 Å². The molecule has 0 bridgehead atoms. The van der Waals surface area contributed by atoms with E-state index in [1.807, 2.05) is 0 Å². The van der Waals surface area contributed by atoms with E-state index >= 15 is 0 Å². The van der Waals surface area contributed by atoms with Gasteiger partial charge in [0.05, 0.1) is 26.1 Å². The molecule has 2 atom stereocenters. The molecular formula is C26H40O12. The lowest BCUT2D eigenvalue weighted by Crippen LogP contribution is -2.28. The van der Waals surface area contributed by atoms with Gasteiger partial charge >= 0.3 is 23.9 Å². The highest BCUT2D eigenvalue weighted by Gasteiger charge is 2.22. The van der Waals surface area contributed by atoms with Crippen LogP contribution in [0.4, 0.5) is 0 Å². The third-order valence-electron chi connectivity index (χ3n) is 5.60. The molecule has 0 aromatic rings. The summed E-state index contributed by atoms with van der Waals surface area (Å²) in [5.41, 5.74) is 0. The SMILES string of the molecule is C=CC(=O)OCCC(=O)OCC(O)COCC1CCC(COCC(O)COC(=O)CCOC(=O)C=C)CC1. The van der Waals surface area contributed by atoms with Crippen molar-refractivity contribution in [1.29, 1.82) is 0 Å². The number of aliphatic hydroxyl groups is 2. The van der Waals surface area contributed by atoms with Gasteiger partial charge in [0.15, 0.2) is 0 Å². The molecule has 38 heavy (non-hydrogen) atoms. The van der Waals surface area contributed by atoms with Gasteiger partial charge in [0.1, 0.15) is 38.6 Å². The summed E-state index contributed by atoms with van der Waals surface area (Å²) in [5.74, 6) is -1.69. The highest BCUT2D eigenvalue weighted by atomic mass is 16.6. The van der Waals surface area contributed by atoms with Crippen molar-refractivity contribution in [3.8, 4) is 0 Å². The fourth-order valence-corrected chi connectivity index (χ4v) is 3.51. The van der Waals surface area contributed by atoms with Crippen LogP contribution in [0.3, 0.4) is 0 Å². The fourth-order valence-electron chi connectivity index (χ4n) is 3.51. The highest BCUT2D eigenvalue weighted by Crippen LogP contribution is 2.29. The van der Waals surface area contributed by atoms with E-state index in [1.54, 1.807) is 0 Å². The van der Waals surface area contributed by atoms with Crippen LogP contribution in [0.25, 0.3) is 0 Å². The smallest absolute Gasteiger partial charge is 0.330 e. The Morgan fingerprint density at radius 2 is 1.03 bits per heavy atom. The van der Waals surface area contributed by atoms with Crippen LogP contribution in [-0.2, 0) is 47.6 Å². The van der Waals surface area contributed by atoms with E-state index < -0.39 is 36.1 Å². The lowest BCUT2D eigenvalue weighted by atomic mass is 9.83. The summed E-state index contributed by atoms with van der Waals surface area (Å²) < 4.78 is 30.4. The van der Waals surface area contributed by atoms with Crippen LogP contribution >= 0.6 is 0 Å². The number of hydrogen-bond acceptors (Lipinski definition) is 12. The average molecular weight is 545 g/mol. The lowest BCUT2D eigenvalue weighted by molar-refractivity contribution is -0.152. The van der Waals surface area contributed by atoms with Crippen LogP contribution < -0.4 is 0 Å². The fraction of sp³-hybridized carbons (Fsp3) is 0.692. The molecule has 1 saturated carbocycles. The van der Waals surface area contributed by atoms with Crippen molar-refractivity contribution < 1.29 is 57.8 Å². The van der Waals surface area contributed by atoms with E-state index in [9.17, 15) is 29.4 Å². The van der Waals surface area contributed by atoms with Gasteiger partial charge < -0.3 is 38.6 Å². The zero-order valence-electron chi connectivity index (χ0n) is 21.8. The molecule has 0 spiro atoms.